The van der Waals surface area contributed by atoms with Crippen LogP contribution in [-0.2, 0) is 13.0 Å². The molecule has 0 radical (unpaired) electrons. The van der Waals surface area contributed by atoms with Crippen LogP contribution >= 0.6 is 11.3 Å². The number of nitrogens with one attached hydrogen (secondary N) is 1. The highest BCUT2D eigenvalue weighted by Crippen LogP contribution is 2.34. The van der Waals surface area contributed by atoms with Crippen LogP contribution in [0.2, 0.25) is 0 Å². The van der Waals surface area contributed by atoms with E-state index in [0.29, 0.717) is 52.9 Å². The molecule has 0 fully saturated rings. The Hall–Kier alpha value is -5.16. The number of thiazole rings is 1. The molecule has 216 valence electrons. The zero-order valence-electron chi connectivity index (χ0n) is 23.2. The molecule has 11 heteroatoms. The summed E-state index contributed by atoms with van der Waals surface area (Å²) >= 11 is 1.42. The summed E-state index contributed by atoms with van der Waals surface area (Å²) in [7, 11) is 0. The molecule has 0 saturated carbocycles. The number of nitroso groups, excluding NO2 is 1. The number of para-hydroxylation sites is 1. The van der Waals surface area contributed by atoms with Crippen LogP contribution in [0.25, 0.3) is 21.3 Å². The van der Waals surface area contributed by atoms with E-state index >= 15 is 0 Å². The van der Waals surface area contributed by atoms with Crippen LogP contribution in [0.3, 0.4) is 0 Å². The molecule has 2 N–H and O–H groups in total. The number of carbonyl (C=O) groups is 2. The van der Waals surface area contributed by atoms with Crippen LogP contribution in [0.15, 0.2) is 78.0 Å². The fourth-order valence-electron chi connectivity index (χ4n) is 5.34. The van der Waals surface area contributed by atoms with Crippen molar-refractivity contribution in [1.82, 2.24) is 9.97 Å². The monoisotopic (exact) mass is 593 g/mol. The van der Waals surface area contributed by atoms with Crippen LogP contribution < -0.4 is 15.0 Å². The molecule has 6 rings (SSSR count). The Bertz CT molecular complexity index is 1840. The molecule has 1 aliphatic rings. The summed E-state index contributed by atoms with van der Waals surface area (Å²) in [4.78, 5) is 47.4. The number of anilines is 2. The molecule has 43 heavy (non-hydrogen) atoms. The van der Waals surface area contributed by atoms with Gasteiger partial charge in [-0.2, -0.15) is 4.91 Å². The second kappa shape index (κ2) is 12.0. The lowest BCUT2D eigenvalue weighted by atomic mass is 9.94. The van der Waals surface area contributed by atoms with E-state index in [4.69, 9.17) is 4.74 Å². The minimum atomic E-state index is -1.15. The number of pyridine rings is 1. The number of amides is 1. The van der Waals surface area contributed by atoms with E-state index in [-0.39, 0.29) is 24.8 Å². The van der Waals surface area contributed by atoms with Gasteiger partial charge in [0.2, 0.25) is 0 Å². The predicted octanol–water partition coefficient (Wildman–Crippen LogP) is 6.33. The summed E-state index contributed by atoms with van der Waals surface area (Å²) in [5, 5.41) is 16.4. The van der Waals surface area contributed by atoms with Gasteiger partial charge in [0.05, 0.1) is 10.2 Å². The van der Waals surface area contributed by atoms with Gasteiger partial charge in [-0.05, 0) is 72.0 Å². The van der Waals surface area contributed by atoms with Crippen molar-refractivity contribution in [1.29, 1.82) is 0 Å². The van der Waals surface area contributed by atoms with Gasteiger partial charge in [-0.25, -0.2) is 14.8 Å². The maximum Gasteiger partial charge on any atom is 0.355 e. The molecule has 3 heterocycles. The maximum atomic E-state index is 13.4. The predicted molar refractivity (Wildman–Crippen MR) is 166 cm³/mol. The molecule has 0 atom stereocenters. The third kappa shape index (κ3) is 5.67. The first-order chi connectivity index (χ1) is 20.9. The highest BCUT2D eigenvalue weighted by Gasteiger charge is 2.25. The average molecular weight is 594 g/mol. The number of fused-ring (bicyclic) bond motifs is 2. The normalized spacial score (nSPS) is 12.5. The number of aromatic nitrogens is 2. The van der Waals surface area contributed by atoms with Gasteiger partial charge in [-0.15, -0.1) is 0 Å². The molecule has 1 amide bonds. The topological polar surface area (TPSA) is 134 Å². The molecular weight excluding hydrogens is 566 g/mol. The van der Waals surface area contributed by atoms with E-state index in [9.17, 15) is 19.6 Å². The van der Waals surface area contributed by atoms with Crippen molar-refractivity contribution in [3.63, 3.8) is 0 Å². The Balaban J connectivity index is 1.27. The summed E-state index contributed by atoms with van der Waals surface area (Å²) < 4.78 is 6.66. The molecule has 0 aliphatic carbocycles. The van der Waals surface area contributed by atoms with Gasteiger partial charge in [0, 0.05) is 24.2 Å². The number of nitrogens with zero attached hydrogens (tertiary/aromatic N) is 4. The first kappa shape index (κ1) is 28.0. The van der Waals surface area contributed by atoms with Crippen molar-refractivity contribution in [3.05, 3.63) is 106 Å². The highest BCUT2D eigenvalue weighted by atomic mass is 32.1. The molecule has 2 aromatic heterocycles. The van der Waals surface area contributed by atoms with Gasteiger partial charge in [-0.1, -0.05) is 52.9 Å². The van der Waals surface area contributed by atoms with Gasteiger partial charge in [0.15, 0.2) is 10.8 Å². The fourth-order valence-corrected chi connectivity index (χ4v) is 6.20. The molecule has 0 bridgehead atoms. The first-order valence-corrected chi connectivity index (χ1v) is 14.5. The number of hydrogen-bond acceptors (Lipinski definition) is 9. The van der Waals surface area contributed by atoms with E-state index in [0.717, 1.165) is 26.9 Å². The van der Waals surface area contributed by atoms with E-state index in [1.54, 1.807) is 30.3 Å². The van der Waals surface area contributed by atoms with Crippen molar-refractivity contribution >= 4 is 44.4 Å². The molecule has 0 unspecified atom stereocenters. The first-order valence-electron chi connectivity index (χ1n) is 13.7. The third-order valence-electron chi connectivity index (χ3n) is 7.45. The average Bonchev–Trinajstić information content (AvgIpc) is 3.43. The largest absolute Gasteiger partial charge is 0.491 e. The van der Waals surface area contributed by atoms with E-state index < -0.39 is 5.97 Å². The van der Waals surface area contributed by atoms with Gasteiger partial charge >= 0.3 is 5.97 Å². The lowest BCUT2D eigenvalue weighted by Crippen LogP contribution is -2.33. The SMILES string of the molecule is Cc1c(OCCN=O)cccc1-c1ccc(N2CCc3cccc(C(=O)Nc4nc5ccccc5s4)c3C2)nc1C(=O)O. The number of carbonyl (C=O) groups excluding carboxylic acids is 1. The highest BCUT2D eigenvalue weighted by molar-refractivity contribution is 7.22. The van der Waals surface area contributed by atoms with Gasteiger partial charge < -0.3 is 14.7 Å². The molecule has 0 saturated heterocycles. The standard InChI is InChI=1S/C32H27N5O5S/c1-19-21(7-5-10-26(19)42-17-15-33-41)22-12-13-28(35-29(22)31(39)40)37-16-14-20-6-4-8-23(24(20)18-37)30(38)36-32-34-25-9-2-3-11-27(25)43-32/h2-13H,14-18H2,1H3,(H,39,40)(H,34,36,38). The fraction of sp³-hybridized carbons (Fsp3) is 0.188. The van der Waals surface area contributed by atoms with Gasteiger partial charge in [-0.3, -0.25) is 10.1 Å². The van der Waals surface area contributed by atoms with Crippen molar-refractivity contribution in [2.75, 3.05) is 29.9 Å². The second-order valence-electron chi connectivity index (χ2n) is 10.1. The summed E-state index contributed by atoms with van der Waals surface area (Å²) in [5.74, 6) is -0.337. The number of carboxylic acids is 1. The lowest BCUT2D eigenvalue weighted by molar-refractivity contribution is 0.0691. The second-order valence-corrected chi connectivity index (χ2v) is 11.1. The van der Waals surface area contributed by atoms with Crippen LogP contribution in [0.1, 0.15) is 37.5 Å². The molecule has 0 spiro atoms. The minimum absolute atomic E-state index is 0.0185. The summed E-state index contributed by atoms with van der Waals surface area (Å²) in [6.07, 6.45) is 0.678. The summed E-state index contributed by atoms with van der Waals surface area (Å²) in [5.41, 5.74) is 5.11. The molecule has 5 aromatic rings. The van der Waals surface area contributed by atoms with Crippen LogP contribution in [0.5, 0.6) is 5.75 Å². The van der Waals surface area contributed by atoms with E-state index in [1.165, 1.54) is 11.3 Å². The zero-order valence-corrected chi connectivity index (χ0v) is 24.1. The maximum absolute atomic E-state index is 13.4. The Morgan fingerprint density at radius 2 is 1.86 bits per heavy atom. The van der Waals surface area contributed by atoms with Crippen molar-refractivity contribution in [2.45, 2.75) is 19.9 Å². The number of carboxylic acid groups (broad SMARTS) is 1. The molecule has 10 nitrogen and oxygen atoms in total. The van der Waals surface area contributed by atoms with Crippen molar-refractivity contribution < 1.29 is 19.4 Å². The number of benzene rings is 3. The van der Waals surface area contributed by atoms with Gasteiger partial charge in [0.1, 0.15) is 24.7 Å². The van der Waals surface area contributed by atoms with Gasteiger partial charge in [0.25, 0.3) is 5.91 Å². The molecule has 3 aromatic carbocycles. The smallest absolute Gasteiger partial charge is 0.355 e. The number of hydrogen-bond donors (Lipinski definition) is 2. The van der Waals surface area contributed by atoms with Crippen LogP contribution in [0.4, 0.5) is 10.9 Å². The molecular formula is C32H27N5O5S. The quantitative estimate of drug-likeness (QED) is 0.150. The van der Waals surface area contributed by atoms with Crippen molar-refractivity contribution in [2.24, 2.45) is 5.18 Å². The van der Waals surface area contributed by atoms with E-state index in [2.05, 4.69) is 20.5 Å². The number of aromatic carboxylic acids is 1. The number of rotatable bonds is 9. The van der Waals surface area contributed by atoms with E-state index in [1.807, 2.05) is 54.3 Å². The minimum Gasteiger partial charge on any atom is -0.491 e. The number of ether oxygens (including phenoxy) is 1. The van der Waals surface area contributed by atoms with Crippen LogP contribution in [-0.4, -0.2) is 46.6 Å². The zero-order chi connectivity index (χ0) is 29.9. The van der Waals surface area contributed by atoms with Crippen molar-refractivity contribution in [3.8, 4) is 16.9 Å². The Morgan fingerprint density at radius 3 is 2.67 bits per heavy atom. The summed E-state index contributed by atoms with van der Waals surface area (Å²) in [6, 6.07) is 22.3. The Kier molecular flexibility index (Phi) is 7.80. The van der Waals surface area contributed by atoms with Crippen LogP contribution in [0, 0.1) is 11.8 Å². The Labute approximate surface area is 251 Å². The Morgan fingerprint density at radius 1 is 1.02 bits per heavy atom. The third-order valence-corrected chi connectivity index (χ3v) is 8.41. The summed E-state index contributed by atoms with van der Waals surface area (Å²) in [6.45, 7) is 3.01. The lowest BCUT2D eigenvalue weighted by Gasteiger charge is -2.31. The molecule has 1 aliphatic heterocycles.